The van der Waals surface area contributed by atoms with Gasteiger partial charge in [-0.05, 0) is 55.9 Å². The summed E-state index contributed by atoms with van der Waals surface area (Å²) in [5.41, 5.74) is 3.85. The fraction of sp³-hybridized carbons (Fsp3) is 0.542. The zero-order valence-corrected chi connectivity index (χ0v) is 19.2. The molecule has 0 saturated carbocycles. The molecule has 0 radical (unpaired) electrons. The van der Waals surface area contributed by atoms with Crippen LogP contribution in [0.1, 0.15) is 56.2 Å². The molecule has 32 heavy (non-hydrogen) atoms. The largest absolute Gasteiger partial charge is 0.464 e. The van der Waals surface area contributed by atoms with Gasteiger partial charge < -0.3 is 24.1 Å². The summed E-state index contributed by atoms with van der Waals surface area (Å²) < 4.78 is 15.8. The van der Waals surface area contributed by atoms with E-state index in [9.17, 15) is 14.4 Å². The van der Waals surface area contributed by atoms with E-state index in [1.54, 1.807) is 18.1 Å². The van der Waals surface area contributed by atoms with Crippen LogP contribution in [0.3, 0.4) is 0 Å². The van der Waals surface area contributed by atoms with Crippen molar-refractivity contribution in [3.05, 3.63) is 35.1 Å². The van der Waals surface area contributed by atoms with E-state index in [0.29, 0.717) is 38.5 Å². The molecular formula is C24H32N2O6. The fourth-order valence-electron chi connectivity index (χ4n) is 4.05. The third kappa shape index (κ3) is 5.81. The molecule has 2 aromatic rings. The Hall–Kier alpha value is -3.03. The van der Waals surface area contributed by atoms with E-state index < -0.39 is 5.97 Å². The highest BCUT2D eigenvalue weighted by atomic mass is 16.6. The Morgan fingerprint density at radius 2 is 1.91 bits per heavy atom. The molecule has 1 N–H and O–H groups in total. The Morgan fingerprint density at radius 3 is 2.56 bits per heavy atom. The molecule has 1 aliphatic rings. The van der Waals surface area contributed by atoms with E-state index in [4.69, 9.17) is 13.9 Å². The third-order valence-corrected chi connectivity index (χ3v) is 5.75. The molecule has 1 aliphatic heterocycles. The molecule has 0 atom stereocenters. The lowest BCUT2D eigenvalue weighted by Crippen LogP contribution is -2.47. The minimum atomic E-state index is -0.480. The second kappa shape index (κ2) is 10.5. The van der Waals surface area contributed by atoms with Crippen LogP contribution < -0.4 is 5.32 Å². The topological polar surface area (TPSA) is 98.1 Å². The number of furan rings is 1. The maximum absolute atomic E-state index is 12.3. The SMILES string of the molecule is CCOC(=O)N1CCC(NC(=O)COC(=O)Cc2coc3cc(C)c(C(C)C)cc23)CC1. The van der Waals surface area contributed by atoms with Gasteiger partial charge in [0.2, 0.25) is 0 Å². The van der Waals surface area contributed by atoms with Crippen LogP contribution in [-0.2, 0) is 25.5 Å². The van der Waals surface area contributed by atoms with Gasteiger partial charge in [0, 0.05) is 30.1 Å². The maximum Gasteiger partial charge on any atom is 0.409 e. The average molecular weight is 445 g/mol. The van der Waals surface area contributed by atoms with Crippen LogP contribution in [0.15, 0.2) is 22.8 Å². The van der Waals surface area contributed by atoms with Crippen molar-refractivity contribution in [2.24, 2.45) is 0 Å². The summed E-state index contributed by atoms with van der Waals surface area (Å²) in [6, 6.07) is 4.00. The molecule has 1 fully saturated rings. The first-order valence-corrected chi connectivity index (χ1v) is 11.2. The zero-order chi connectivity index (χ0) is 23.3. The summed E-state index contributed by atoms with van der Waals surface area (Å²) >= 11 is 0. The van der Waals surface area contributed by atoms with Gasteiger partial charge in [-0.1, -0.05) is 13.8 Å². The van der Waals surface area contributed by atoms with Gasteiger partial charge in [-0.3, -0.25) is 9.59 Å². The number of fused-ring (bicyclic) bond motifs is 1. The van der Waals surface area contributed by atoms with Gasteiger partial charge in [0.15, 0.2) is 6.61 Å². The number of nitrogens with one attached hydrogen (secondary N) is 1. The first-order valence-electron chi connectivity index (χ1n) is 11.2. The number of hydrogen-bond acceptors (Lipinski definition) is 6. The smallest absolute Gasteiger partial charge is 0.409 e. The fourth-order valence-corrected chi connectivity index (χ4v) is 4.05. The van der Waals surface area contributed by atoms with Crippen molar-refractivity contribution >= 4 is 28.9 Å². The number of aryl methyl sites for hydroxylation is 1. The first kappa shape index (κ1) is 23.6. The molecule has 0 bridgehead atoms. The Labute approximate surface area is 188 Å². The number of amides is 2. The van der Waals surface area contributed by atoms with Crippen LogP contribution in [0.25, 0.3) is 11.0 Å². The highest BCUT2D eigenvalue weighted by molar-refractivity contribution is 5.88. The van der Waals surface area contributed by atoms with E-state index in [2.05, 4.69) is 25.2 Å². The zero-order valence-electron chi connectivity index (χ0n) is 19.2. The van der Waals surface area contributed by atoms with Gasteiger partial charge in [0.05, 0.1) is 19.3 Å². The Kier molecular flexibility index (Phi) is 7.77. The van der Waals surface area contributed by atoms with Gasteiger partial charge >= 0.3 is 12.1 Å². The molecule has 174 valence electrons. The number of piperidine rings is 1. The number of rotatable bonds is 7. The Balaban J connectivity index is 1.47. The number of likely N-dealkylation sites (tertiary alicyclic amines) is 1. The standard InChI is InChI=1S/C24H32N2O6/c1-5-30-24(29)26-8-6-18(7-9-26)25-22(27)14-32-23(28)11-17-13-31-21-10-16(4)19(15(2)3)12-20(17)21/h10,12-13,15,18H,5-9,11,14H2,1-4H3,(H,25,27). The number of carbonyl (C=O) groups is 3. The highest BCUT2D eigenvalue weighted by Crippen LogP contribution is 2.29. The van der Waals surface area contributed by atoms with Crippen molar-refractivity contribution in [3.8, 4) is 0 Å². The maximum atomic E-state index is 12.3. The molecule has 2 heterocycles. The predicted octanol–water partition coefficient (Wildman–Crippen LogP) is 3.69. The number of carbonyl (C=O) groups excluding carboxylic acids is 3. The monoisotopic (exact) mass is 444 g/mol. The molecule has 8 nitrogen and oxygen atoms in total. The summed E-state index contributed by atoms with van der Waals surface area (Å²) in [5.74, 6) is -0.462. The molecular weight excluding hydrogens is 412 g/mol. The lowest BCUT2D eigenvalue weighted by molar-refractivity contribution is -0.148. The summed E-state index contributed by atoms with van der Waals surface area (Å²) in [4.78, 5) is 37.9. The lowest BCUT2D eigenvalue weighted by Gasteiger charge is -2.31. The van der Waals surface area contributed by atoms with E-state index >= 15 is 0 Å². The number of esters is 1. The molecule has 8 heteroatoms. The van der Waals surface area contributed by atoms with Crippen LogP contribution in [-0.4, -0.2) is 55.2 Å². The van der Waals surface area contributed by atoms with Crippen molar-refractivity contribution < 1.29 is 28.3 Å². The summed E-state index contributed by atoms with van der Waals surface area (Å²) in [6.07, 6.45) is 2.56. The quantitative estimate of drug-likeness (QED) is 0.654. The molecule has 1 aromatic carbocycles. The minimum absolute atomic E-state index is 0.0405. The van der Waals surface area contributed by atoms with E-state index in [0.717, 1.165) is 22.1 Å². The van der Waals surface area contributed by atoms with E-state index in [-0.39, 0.29) is 31.1 Å². The van der Waals surface area contributed by atoms with Crippen LogP contribution >= 0.6 is 0 Å². The lowest BCUT2D eigenvalue weighted by atomic mass is 9.95. The van der Waals surface area contributed by atoms with Gasteiger partial charge in [0.25, 0.3) is 5.91 Å². The summed E-state index contributed by atoms with van der Waals surface area (Å²) in [6.45, 7) is 9.12. The molecule has 3 rings (SSSR count). The normalized spacial score (nSPS) is 14.6. The molecule has 2 amide bonds. The Bertz CT molecular complexity index is 972. The van der Waals surface area contributed by atoms with Crippen molar-refractivity contribution in [3.63, 3.8) is 0 Å². The van der Waals surface area contributed by atoms with Crippen molar-refractivity contribution in [2.45, 2.75) is 58.9 Å². The van der Waals surface area contributed by atoms with Crippen LogP contribution in [0.5, 0.6) is 0 Å². The third-order valence-electron chi connectivity index (χ3n) is 5.75. The van der Waals surface area contributed by atoms with Crippen LogP contribution in [0.4, 0.5) is 4.79 Å². The second-order valence-corrected chi connectivity index (χ2v) is 8.49. The minimum Gasteiger partial charge on any atom is -0.464 e. The van der Waals surface area contributed by atoms with Gasteiger partial charge in [-0.25, -0.2) is 4.79 Å². The average Bonchev–Trinajstić information content (AvgIpc) is 3.13. The molecule has 1 aromatic heterocycles. The number of benzene rings is 1. The number of nitrogens with zero attached hydrogens (tertiary/aromatic N) is 1. The van der Waals surface area contributed by atoms with E-state index in [1.165, 1.54) is 5.56 Å². The van der Waals surface area contributed by atoms with Crippen molar-refractivity contribution in [1.82, 2.24) is 10.2 Å². The highest BCUT2D eigenvalue weighted by Gasteiger charge is 2.25. The Morgan fingerprint density at radius 1 is 1.19 bits per heavy atom. The summed E-state index contributed by atoms with van der Waals surface area (Å²) in [7, 11) is 0. The molecule has 0 aliphatic carbocycles. The number of ether oxygens (including phenoxy) is 2. The number of hydrogen-bond donors (Lipinski definition) is 1. The second-order valence-electron chi connectivity index (χ2n) is 8.49. The van der Waals surface area contributed by atoms with E-state index in [1.807, 2.05) is 13.0 Å². The summed E-state index contributed by atoms with van der Waals surface area (Å²) in [5, 5.41) is 3.76. The van der Waals surface area contributed by atoms with Gasteiger partial charge in [-0.2, -0.15) is 0 Å². The first-order chi connectivity index (χ1) is 15.3. The van der Waals surface area contributed by atoms with Crippen molar-refractivity contribution in [1.29, 1.82) is 0 Å². The predicted molar refractivity (Wildman–Crippen MR) is 119 cm³/mol. The van der Waals surface area contributed by atoms with Crippen molar-refractivity contribution in [2.75, 3.05) is 26.3 Å². The molecule has 0 spiro atoms. The van der Waals surface area contributed by atoms with Crippen LogP contribution in [0, 0.1) is 6.92 Å². The van der Waals surface area contributed by atoms with Gasteiger partial charge in [0.1, 0.15) is 5.58 Å². The van der Waals surface area contributed by atoms with Gasteiger partial charge in [-0.15, -0.1) is 0 Å². The molecule has 1 saturated heterocycles. The molecule has 0 unspecified atom stereocenters. The van der Waals surface area contributed by atoms with Crippen LogP contribution in [0.2, 0.25) is 0 Å².